The second kappa shape index (κ2) is 11.2. The molecule has 0 bridgehead atoms. The van der Waals surface area contributed by atoms with E-state index in [1.165, 1.54) is 44.8 Å². The van der Waals surface area contributed by atoms with E-state index in [9.17, 15) is 0 Å². The molecule has 0 N–H and O–H groups in total. The molecule has 0 spiro atoms. The molecule has 0 radical (unpaired) electrons. The third-order valence-corrected chi connectivity index (χ3v) is 17.8. The molecule has 276 valence electrons. The molecule has 2 heteroatoms. The van der Waals surface area contributed by atoms with Crippen molar-refractivity contribution in [1.29, 1.82) is 0 Å². The standard InChI is InChI=1S/C51H62N2/c1-34-41(36-20-14-15-21-36)42(37-22-26-39(27-23-37)52(10)11)43(38-24-28-40(29-25-38)53(12)13)44-35(2)50(8)47(5)32-18-16-30-45(47,3)46(4)31-17-19-33-48(46,6)51(50,9)49(34,44)7/h14-20,22-33,35,44H,21H2,1-13H3. The Morgan fingerprint density at radius 1 is 0.566 bits per heavy atom. The van der Waals surface area contributed by atoms with Gasteiger partial charge in [0, 0.05) is 66.6 Å². The van der Waals surface area contributed by atoms with Crippen molar-refractivity contribution in [3.05, 3.63) is 143 Å². The van der Waals surface area contributed by atoms with Gasteiger partial charge in [-0.1, -0.05) is 152 Å². The number of rotatable bonds is 5. The van der Waals surface area contributed by atoms with Gasteiger partial charge in [0.2, 0.25) is 0 Å². The number of allylic oxidation sites excluding steroid dienone is 16. The first-order valence-corrected chi connectivity index (χ1v) is 20.0. The fourth-order valence-corrected chi connectivity index (χ4v) is 14.1. The van der Waals surface area contributed by atoms with Crippen molar-refractivity contribution in [2.45, 2.75) is 68.7 Å². The third-order valence-electron chi connectivity index (χ3n) is 17.8. The predicted octanol–water partition coefficient (Wildman–Crippen LogP) is 12.5. The summed E-state index contributed by atoms with van der Waals surface area (Å²) < 4.78 is 0. The minimum Gasteiger partial charge on any atom is -0.378 e. The number of hydrogen-bond donors (Lipinski definition) is 0. The first-order valence-electron chi connectivity index (χ1n) is 20.0. The van der Waals surface area contributed by atoms with Crippen LogP contribution in [0, 0.1) is 49.7 Å². The lowest BCUT2D eigenvalue weighted by molar-refractivity contribution is -0.271. The lowest BCUT2D eigenvalue weighted by Crippen LogP contribution is -2.75. The van der Waals surface area contributed by atoms with Crippen molar-refractivity contribution >= 4 is 22.5 Å². The lowest BCUT2D eigenvalue weighted by Gasteiger charge is -2.80. The highest BCUT2D eigenvalue weighted by atomic mass is 15.1. The van der Waals surface area contributed by atoms with E-state index in [2.05, 4.69) is 216 Å². The molecule has 2 aromatic rings. The monoisotopic (exact) mass is 702 g/mol. The molecule has 0 amide bonds. The molecular formula is C51H62N2. The van der Waals surface area contributed by atoms with E-state index in [1.807, 2.05) is 0 Å². The average Bonchev–Trinajstić information content (AvgIpc) is 3.72. The van der Waals surface area contributed by atoms with Gasteiger partial charge < -0.3 is 9.80 Å². The summed E-state index contributed by atoms with van der Waals surface area (Å²) in [6.45, 7) is 23.8. The average molecular weight is 703 g/mol. The van der Waals surface area contributed by atoms with Crippen LogP contribution in [0.3, 0.4) is 0 Å². The van der Waals surface area contributed by atoms with E-state index < -0.39 is 0 Å². The summed E-state index contributed by atoms with van der Waals surface area (Å²) >= 11 is 0. The van der Waals surface area contributed by atoms with Gasteiger partial charge in [0.1, 0.15) is 0 Å². The summed E-state index contributed by atoms with van der Waals surface area (Å²) in [7, 11) is 8.57. The third kappa shape index (κ3) is 3.86. The van der Waals surface area contributed by atoms with Crippen LogP contribution >= 0.6 is 0 Å². The van der Waals surface area contributed by atoms with Crippen molar-refractivity contribution in [3.63, 3.8) is 0 Å². The smallest absolute Gasteiger partial charge is 0.0361 e. The van der Waals surface area contributed by atoms with Crippen LogP contribution in [0.15, 0.2) is 132 Å². The number of nitrogens with zero attached hydrogens (tertiary/aromatic N) is 2. The van der Waals surface area contributed by atoms with Crippen molar-refractivity contribution in [3.8, 4) is 0 Å². The Labute approximate surface area is 321 Å². The summed E-state index contributed by atoms with van der Waals surface area (Å²) in [5.41, 5.74) is 11.6. The molecule has 6 aliphatic rings. The van der Waals surface area contributed by atoms with Crippen molar-refractivity contribution in [1.82, 2.24) is 0 Å². The fourth-order valence-electron chi connectivity index (χ4n) is 14.1. The van der Waals surface area contributed by atoms with E-state index in [0.29, 0.717) is 5.92 Å². The number of benzene rings is 2. The number of hydrogen-bond acceptors (Lipinski definition) is 2. The highest BCUT2D eigenvalue weighted by molar-refractivity contribution is 6.04. The van der Waals surface area contributed by atoms with Gasteiger partial charge in [0.05, 0.1) is 0 Å². The maximum Gasteiger partial charge on any atom is 0.0361 e. The Morgan fingerprint density at radius 2 is 1.04 bits per heavy atom. The van der Waals surface area contributed by atoms with Crippen LogP contribution in [0.25, 0.3) is 11.1 Å². The molecule has 0 aromatic heterocycles. The summed E-state index contributed by atoms with van der Waals surface area (Å²) in [5, 5.41) is 0. The van der Waals surface area contributed by atoms with Crippen LogP contribution in [-0.4, -0.2) is 28.2 Å². The Kier molecular flexibility index (Phi) is 7.63. The quantitative estimate of drug-likeness (QED) is 0.306. The zero-order valence-electron chi connectivity index (χ0n) is 34.7. The van der Waals surface area contributed by atoms with Gasteiger partial charge in [0.15, 0.2) is 0 Å². The second-order valence-electron chi connectivity index (χ2n) is 19.0. The van der Waals surface area contributed by atoms with E-state index in [1.54, 1.807) is 5.57 Å². The summed E-state index contributed by atoms with van der Waals surface area (Å²) in [6, 6.07) is 19.0. The van der Waals surface area contributed by atoms with Gasteiger partial charge in [-0.3, -0.25) is 0 Å². The SMILES string of the molecule is CC1=C(C2=CC=CC2)C(c2ccc(N(C)C)cc2)=C(c2ccc(N(C)C)cc2)C2C(C)C3(C)C4(C)C=CC=CC4(C)C4(C)C=CC=CC4(C)C3(C)C12C. The Balaban J connectivity index is 1.54. The van der Waals surface area contributed by atoms with Crippen LogP contribution in [0.2, 0.25) is 0 Å². The van der Waals surface area contributed by atoms with Gasteiger partial charge >= 0.3 is 0 Å². The van der Waals surface area contributed by atoms with Crippen molar-refractivity contribution in [2.75, 3.05) is 38.0 Å². The van der Waals surface area contributed by atoms with E-state index in [4.69, 9.17) is 0 Å². The number of anilines is 2. The van der Waals surface area contributed by atoms with Crippen LogP contribution in [0.5, 0.6) is 0 Å². The van der Waals surface area contributed by atoms with Crippen LogP contribution in [0.1, 0.15) is 79.9 Å². The minimum absolute atomic E-state index is 0.104. The molecule has 6 aliphatic carbocycles. The predicted molar refractivity (Wildman–Crippen MR) is 229 cm³/mol. The van der Waals surface area contributed by atoms with Crippen molar-refractivity contribution in [2.24, 2.45) is 49.7 Å². The molecule has 8 rings (SSSR count). The Hall–Kier alpha value is -4.04. The minimum atomic E-state index is -0.187. The molecule has 9 atom stereocenters. The molecule has 2 aromatic carbocycles. The van der Waals surface area contributed by atoms with Gasteiger partial charge in [-0.2, -0.15) is 0 Å². The highest BCUT2D eigenvalue weighted by Gasteiger charge is 2.87. The summed E-state index contributed by atoms with van der Waals surface area (Å²) in [5.74, 6) is 0.620. The van der Waals surface area contributed by atoms with Gasteiger partial charge in [-0.15, -0.1) is 0 Å². The number of fused-ring (bicyclic) bond motifs is 8. The van der Waals surface area contributed by atoms with Gasteiger partial charge in [-0.05, 0) is 93.7 Å². The zero-order chi connectivity index (χ0) is 38.1. The maximum atomic E-state index is 2.74. The molecule has 53 heavy (non-hydrogen) atoms. The van der Waals surface area contributed by atoms with E-state index >= 15 is 0 Å². The molecule has 2 saturated carbocycles. The fraction of sp³-hybridized carbons (Fsp3) is 0.451. The first-order chi connectivity index (χ1) is 24.9. The van der Waals surface area contributed by atoms with E-state index in [0.717, 1.165) is 6.42 Å². The second-order valence-corrected chi connectivity index (χ2v) is 19.0. The first kappa shape index (κ1) is 36.0. The molecule has 0 aliphatic heterocycles. The largest absolute Gasteiger partial charge is 0.378 e. The van der Waals surface area contributed by atoms with Crippen LogP contribution in [0.4, 0.5) is 11.4 Å². The molecule has 0 heterocycles. The topological polar surface area (TPSA) is 6.48 Å². The van der Waals surface area contributed by atoms with Crippen LogP contribution < -0.4 is 9.80 Å². The molecule has 2 fully saturated rings. The van der Waals surface area contributed by atoms with Gasteiger partial charge in [0.25, 0.3) is 0 Å². The molecule has 9 unspecified atom stereocenters. The van der Waals surface area contributed by atoms with Gasteiger partial charge in [-0.25, -0.2) is 0 Å². The van der Waals surface area contributed by atoms with Crippen LogP contribution in [-0.2, 0) is 0 Å². The maximum absolute atomic E-state index is 2.74. The molecular weight excluding hydrogens is 641 g/mol. The highest BCUT2D eigenvalue weighted by Crippen LogP contribution is 2.92. The van der Waals surface area contributed by atoms with Crippen molar-refractivity contribution < 1.29 is 0 Å². The molecule has 0 saturated heterocycles. The normalized spacial score (nSPS) is 40.6. The molecule has 2 nitrogen and oxygen atoms in total. The zero-order valence-corrected chi connectivity index (χ0v) is 34.7. The Morgan fingerprint density at radius 3 is 1.53 bits per heavy atom. The summed E-state index contributed by atoms with van der Waals surface area (Å²) in [6.07, 6.45) is 27.9. The Bertz CT molecular complexity index is 2130. The summed E-state index contributed by atoms with van der Waals surface area (Å²) in [4.78, 5) is 4.43. The lowest BCUT2D eigenvalue weighted by atomic mass is 9.23. The van der Waals surface area contributed by atoms with E-state index in [-0.39, 0.29) is 43.8 Å².